The van der Waals surface area contributed by atoms with Crippen molar-refractivity contribution < 1.29 is 4.74 Å². The van der Waals surface area contributed by atoms with Gasteiger partial charge in [-0.25, -0.2) is 4.98 Å². The maximum atomic E-state index is 6.67. The van der Waals surface area contributed by atoms with Crippen LogP contribution in [0.15, 0.2) is 109 Å². The summed E-state index contributed by atoms with van der Waals surface area (Å²) in [4.78, 5) is 4.40. The Hall–Kier alpha value is -3.10. The third-order valence-corrected chi connectivity index (χ3v) is 4.84. The number of hydrogen-bond donors (Lipinski definition) is 0. The van der Waals surface area contributed by atoms with Gasteiger partial charge in [0.25, 0.3) is 0 Å². The predicted octanol–water partition coefficient (Wildman–Crippen LogP) is 6.11. The van der Waals surface area contributed by atoms with Gasteiger partial charge in [-0.2, -0.15) is 0 Å². The van der Waals surface area contributed by atoms with Crippen molar-refractivity contribution >= 4 is 11.6 Å². The summed E-state index contributed by atoms with van der Waals surface area (Å²) in [5.74, 6) is 0.533. The van der Waals surface area contributed by atoms with E-state index in [2.05, 4.69) is 29.2 Å². The van der Waals surface area contributed by atoms with Gasteiger partial charge in [0.2, 0.25) is 5.88 Å². The SMILES string of the molecule is Clc1ccccc1C(Oc1ccccn1)(c1ccccc1)c1ccccc1. The van der Waals surface area contributed by atoms with E-state index in [1.54, 1.807) is 6.20 Å². The number of aromatic nitrogens is 1. The summed E-state index contributed by atoms with van der Waals surface area (Å²) < 4.78 is 6.65. The maximum absolute atomic E-state index is 6.67. The summed E-state index contributed by atoms with van der Waals surface area (Å²) in [6.07, 6.45) is 1.72. The van der Waals surface area contributed by atoms with Gasteiger partial charge < -0.3 is 4.74 Å². The first-order chi connectivity index (χ1) is 13.3. The number of halogens is 1. The standard InChI is InChI=1S/C24H18ClNO/c25-22-16-8-7-15-21(22)24(19-11-3-1-4-12-19,20-13-5-2-6-14-20)27-23-17-9-10-18-26-23/h1-18H. The molecule has 0 unspecified atom stereocenters. The Labute approximate surface area is 164 Å². The molecule has 0 aliphatic carbocycles. The summed E-state index contributed by atoms with van der Waals surface area (Å²) in [5, 5.41) is 0.640. The third kappa shape index (κ3) is 3.32. The van der Waals surface area contributed by atoms with Crippen LogP contribution < -0.4 is 4.74 Å². The highest BCUT2D eigenvalue weighted by Gasteiger charge is 2.40. The first kappa shape index (κ1) is 17.3. The van der Waals surface area contributed by atoms with Crippen LogP contribution in [0.2, 0.25) is 5.02 Å². The van der Waals surface area contributed by atoms with Gasteiger partial charge >= 0.3 is 0 Å². The number of nitrogens with zero attached hydrogens (tertiary/aromatic N) is 1. The number of hydrogen-bond acceptors (Lipinski definition) is 2. The second-order valence-electron chi connectivity index (χ2n) is 6.16. The van der Waals surface area contributed by atoms with Crippen LogP contribution in [0.4, 0.5) is 0 Å². The van der Waals surface area contributed by atoms with Crippen molar-refractivity contribution in [3.8, 4) is 5.88 Å². The smallest absolute Gasteiger partial charge is 0.214 e. The molecule has 1 aromatic heterocycles. The third-order valence-electron chi connectivity index (χ3n) is 4.51. The molecular formula is C24H18ClNO. The van der Waals surface area contributed by atoms with Crippen LogP contribution in [0.3, 0.4) is 0 Å². The molecule has 3 aromatic carbocycles. The molecule has 4 aromatic rings. The number of rotatable bonds is 5. The highest BCUT2D eigenvalue weighted by Crippen LogP contribution is 2.43. The second kappa shape index (κ2) is 7.65. The van der Waals surface area contributed by atoms with E-state index in [-0.39, 0.29) is 0 Å². The lowest BCUT2D eigenvalue weighted by molar-refractivity contribution is 0.148. The Balaban J connectivity index is 2.04. The minimum Gasteiger partial charge on any atom is -0.456 e. The van der Waals surface area contributed by atoms with E-state index in [0.717, 1.165) is 16.7 Å². The summed E-state index contributed by atoms with van der Waals surface area (Å²) in [7, 11) is 0. The summed E-state index contributed by atoms with van der Waals surface area (Å²) >= 11 is 6.67. The molecular weight excluding hydrogens is 354 g/mol. The maximum Gasteiger partial charge on any atom is 0.214 e. The van der Waals surface area contributed by atoms with Crippen molar-refractivity contribution in [3.05, 3.63) is 131 Å². The number of ether oxygens (including phenoxy) is 1. The molecule has 0 aliphatic rings. The highest BCUT2D eigenvalue weighted by molar-refractivity contribution is 6.31. The Kier molecular flexibility index (Phi) is 4.91. The zero-order chi connectivity index (χ0) is 18.5. The lowest BCUT2D eigenvalue weighted by atomic mass is 9.80. The Morgan fingerprint density at radius 1 is 0.630 bits per heavy atom. The quantitative estimate of drug-likeness (QED) is 0.395. The summed E-state index contributed by atoms with van der Waals surface area (Å²) in [6, 6.07) is 33.7. The zero-order valence-corrected chi connectivity index (χ0v) is 15.4. The first-order valence-electron chi connectivity index (χ1n) is 8.77. The molecule has 0 fully saturated rings. The summed E-state index contributed by atoms with van der Waals surface area (Å²) in [5.41, 5.74) is 1.91. The molecule has 2 nitrogen and oxygen atoms in total. The molecule has 3 heteroatoms. The second-order valence-corrected chi connectivity index (χ2v) is 6.57. The fourth-order valence-electron chi connectivity index (χ4n) is 3.31. The zero-order valence-electron chi connectivity index (χ0n) is 14.6. The van der Waals surface area contributed by atoms with Crippen LogP contribution >= 0.6 is 11.6 Å². The normalized spacial score (nSPS) is 11.1. The van der Waals surface area contributed by atoms with Gasteiger partial charge in [0, 0.05) is 34.0 Å². The van der Waals surface area contributed by atoms with E-state index in [4.69, 9.17) is 16.3 Å². The predicted molar refractivity (Wildman–Crippen MR) is 109 cm³/mol. The Morgan fingerprint density at radius 3 is 1.74 bits per heavy atom. The van der Waals surface area contributed by atoms with Crippen molar-refractivity contribution in [1.29, 1.82) is 0 Å². The van der Waals surface area contributed by atoms with Gasteiger partial charge in [-0.15, -0.1) is 0 Å². The van der Waals surface area contributed by atoms with E-state index >= 15 is 0 Å². The molecule has 132 valence electrons. The first-order valence-corrected chi connectivity index (χ1v) is 9.14. The topological polar surface area (TPSA) is 22.1 Å². The van der Waals surface area contributed by atoms with E-state index in [1.807, 2.05) is 78.9 Å². The monoisotopic (exact) mass is 371 g/mol. The number of benzene rings is 3. The average molecular weight is 372 g/mol. The molecule has 27 heavy (non-hydrogen) atoms. The van der Waals surface area contributed by atoms with E-state index in [0.29, 0.717) is 10.9 Å². The molecule has 1 heterocycles. The molecule has 0 saturated carbocycles. The van der Waals surface area contributed by atoms with Crippen LogP contribution in [-0.4, -0.2) is 4.98 Å². The molecule has 0 aliphatic heterocycles. The summed E-state index contributed by atoms with van der Waals surface area (Å²) in [6.45, 7) is 0. The molecule has 4 rings (SSSR count). The highest BCUT2D eigenvalue weighted by atomic mass is 35.5. The van der Waals surface area contributed by atoms with Gasteiger partial charge in [0.05, 0.1) is 0 Å². The van der Waals surface area contributed by atoms with Crippen LogP contribution in [0.25, 0.3) is 0 Å². The molecule has 0 saturated heterocycles. The fourth-order valence-corrected chi connectivity index (χ4v) is 3.58. The Bertz CT molecular complexity index is 964. The fraction of sp³-hybridized carbons (Fsp3) is 0.0417. The van der Waals surface area contributed by atoms with Crippen LogP contribution in [0.5, 0.6) is 5.88 Å². The van der Waals surface area contributed by atoms with E-state index in [9.17, 15) is 0 Å². The van der Waals surface area contributed by atoms with Gasteiger partial charge in [0.1, 0.15) is 0 Å². The lowest BCUT2D eigenvalue weighted by Crippen LogP contribution is -2.36. The van der Waals surface area contributed by atoms with Crippen molar-refractivity contribution in [1.82, 2.24) is 4.98 Å². The van der Waals surface area contributed by atoms with Crippen molar-refractivity contribution in [3.63, 3.8) is 0 Å². The lowest BCUT2D eigenvalue weighted by Gasteiger charge is -2.36. The van der Waals surface area contributed by atoms with Gasteiger partial charge in [-0.05, 0) is 12.1 Å². The van der Waals surface area contributed by atoms with Crippen molar-refractivity contribution in [2.75, 3.05) is 0 Å². The van der Waals surface area contributed by atoms with Crippen LogP contribution in [0.1, 0.15) is 16.7 Å². The molecule has 0 bridgehead atoms. The molecule has 0 radical (unpaired) electrons. The number of pyridine rings is 1. The van der Waals surface area contributed by atoms with E-state index in [1.165, 1.54) is 0 Å². The van der Waals surface area contributed by atoms with Crippen molar-refractivity contribution in [2.45, 2.75) is 5.60 Å². The van der Waals surface area contributed by atoms with Crippen molar-refractivity contribution in [2.24, 2.45) is 0 Å². The van der Waals surface area contributed by atoms with E-state index < -0.39 is 5.60 Å². The minimum absolute atomic E-state index is 0.533. The molecule has 0 atom stereocenters. The molecule has 0 amide bonds. The molecule has 0 spiro atoms. The molecule has 0 N–H and O–H groups in total. The van der Waals surface area contributed by atoms with Crippen LogP contribution in [0, 0.1) is 0 Å². The minimum atomic E-state index is -0.921. The van der Waals surface area contributed by atoms with Gasteiger partial charge in [0.15, 0.2) is 5.60 Å². The van der Waals surface area contributed by atoms with Gasteiger partial charge in [-0.3, -0.25) is 0 Å². The van der Waals surface area contributed by atoms with Gasteiger partial charge in [-0.1, -0.05) is 96.5 Å². The average Bonchev–Trinajstić information content (AvgIpc) is 2.75. The Morgan fingerprint density at radius 2 is 1.19 bits per heavy atom. The largest absolute Gasteiger partial charge is 0.456 e. The van der Waals surface area contributed by atoms with Crippen LogP contribution in [-0.2, 0) is 5.60 Å².